The predicted molar refractivity (Wildman–Crippen MR) is 273 cm³/mol. The summed E-state index contributed by atoms with van der Waals surface area (Å²) in [6, 6.07) is 92.5. The zero-order valence-electron chi connectivity index (χ0n) is 35.4. The van der Waals surface area contributed by atoms with E-state index in [2.05, 4.69) is 254 Å². The van der Waals surface area contributed by atoms with Crippen molar-refractivity contribution in [2.24, 2.45) is 0 Å². The van der Waals surface area contributed by atoms with Gasteiger partial charge in [-0.1, -0.05) is 194 Å². The number of furan rings is 1. The highest BCUT2D eigenvalue weighted by Crippen LogP contribution is 2.57. The number of hydrogen-bond donors (Lipinski definition) is 0. The molecule has 0 radical (unpaired) electrons. The summed E-state index contributed by atoms with van der Waals surface area (Å²) < 4.78 is 6.78. The van der Waals surface area contributed by atoms with Gasteiger partial charge in [0, 0.05) is 43.7 Å². The van der Waals surface area contributed by atoms with Gasteiger partial charge in [-0.15, -0.1) is 0 Å². The van der Waals surface area contributed by atoms with Crippen molar-refractivity contribution in [1.82, 2.24) is 0 Å². The molecule has 0 aliphatic carbocycles. The van der Waals surface area contributed by atoms with Crippen LogP contribution in [0.2, 0.25) is 0 Å². The fourth-order valence-corrected chi connectivity index (χ4v) is 17.7. The molecule has 65 heavy (non-hydrogen) atoms. The minimum Gasteiger partial charge on any atom is -0.456 e. The summed E-state index contributed by atoms with van der Waals surface area (Å²) in [6.45, 7) is 0. The number of anilines is 3. The molecule has 10 aromatic carbocycles. The molecule has 0 saturated carbocycles. The largest absolute Gasteiger partial charge is 0.456 e. The van der Waals surface area contributed by atoms with Crippen LogP contribution in [0.5, 0.6) is 0 Å². The van der Waals surface area contributed by atoms with Crippen LogP contribution in [0.1, 0.15) is 22.3 Å². The first kappa shape index (κ1) is 37.9. The Kier molecular flexibility index (Phi) is 8.74. The van der Waals surface area contributed by atoms with Gasteiger partial charge < -0.3 is 9.32 Å². The van der Waals surface area contributed by atoms with Crippen LogP contribution in [-0.4, -0.2) is 8.07 Å². The number of hydrogen-bond acceptors (Lipinski definition) is 3. The van der Waals surface area contributed by atoms with Crippen LogP contribution in [0.25, 0.3) is 33.1 Å². The van der Waals surface area contributed by atoms with E-state index in [1.165, 1.54) is 58.4 Å². The Hall–Kier alpha value is -7.63. The highest BCUT2D eigenvalue weighted by Gasteiger charge is 2.57. The maximum absolute atomic E-state index is 6.78. The number of benzene rings is 10. The third-order valence-corrected chi connectivity index (χ3v) is 19.9. The topological polar surface area (TPSA) is 16.4 Å². The second kappa shape index (κ2) is 15.0. The molecule has 306 valence electrons. The lowest BCUT2D eigenvalue weighted by atomic mass is 9.64. The maximum Gasteiger partial charge on any atom is 0.180 e. The molecule has 1 aromatic heterocycles. The molecule has 3 heterocycles. The monoisotopic (exact) mass is 863 g/mol. The summed E-state index contributed by atoms with van der Waals surface area (Å²) in [6.07, 6.45) is 0. The first-order chi connectivity index (χ1) is 32.2. The second-order valence-electron chi connectivity index (χ2n) is 17.1. The average molecular weight is 864 g/mol. The Bertz CT molecular complexity index is 3500. The maximum atomic E-state index is 6.78. The summed E-state index contributed by atoms with van der Waals surface area (Å²) >= 11 is 1.89. The Morgan fingerprint density at radius 1 is 0.354 bits per heavy atom. The summed E-state index contributed by atoms with van der Waals surface area (Å²) in [5.74, 6) is 0. The van der Waals surface area contributed by atoms with E-state index in [0.29, 0.717) is 0 Å². The zero-order valence-corrected chi connectivity index (χ0v) is 37.3. The molecular formula is C61H41NOSSi. The van der Waals surface area contributed by atoms with Gasteiger partial charge in [0.1, 0.15) is 11.2 Å². The molecular weight excluding hydrogens is 823 g/mol. The standard InChI is InChI=1S/C61H41NOSSi/c1-5-19-42(20-6-1)43-33-36-49-50-37-34-46(41-56(50)63-55(49)39-43)62(44-21-7-2-8-22-44)45-35-38-60-54(40-45)61(51-27-13-16-30-57(51)64-58-31-17-14-28-52(58)61)53-29-15-18-32-59(53)65(60,47-23-9-3-10-24-47)48-25-11-4-12-26-48/h1-41H. The van der Waals surface area contributed by atoms with Crippen molar-refractivity contribution in [1.29, 1.82) is 0 Å². The van der Waals surface area contributed by atoms with Gasteiger partial charge in [0.05, 0.1) is 5.41 Å². The lowest BCUT2D eigenvalue weighted by molar-refractivity contribution is 0.669. The van der Waals surface area contributed by atoms with Gasteiger partial charge in [-0.25, -0.2) is 0 Å². The SMILES string of the molecule is c1ccc(-c2ccc3c(c2)oc2cc(N(c4ccccc4)c4ccc5c(c4)C4(c6ccccc6Sc6ccccc64)c4ccccc4[Si]5(c4ccccc4)c4ccccc4)ccc23)cc1. The van der Waals surface area contributed by atoms with E-state index in [1.54, 1.807) is 0 Å². The Balaban J connectivity index is 1.12. The lowest BCUT2D eigenvalue weighted by Gasteiger charge is -2.52. The minimum absolute atomic E-state index is 0.609. The van der Waals surface area contributed by atoms with Crippen LogP contribution in [0.3, 0.4) is 0 Å². The van der Waals surface area contributed by atoms with Crippen LogP contribution in [0.4, 0.5) is 17.1 Å². The van der Waals surface area contributed by atoms with Crippen molar-refractivity contribution in [2.75, 3.05) is 4.90 Å². The van der Waals surface area contributed by atoms with E-state index in [9.17, 15) is 0 Å². The molecule has 11 aromatic rings. The van der Waals surface area contributed by atoms with Crippen molar-refractivity contribution in [3.05, 3.63) is 271 Å². The molecule has 0 saturated heterocycles. The second-order valence-corrected chi connectivity index (χ2v) is 21.9. The van der Waals surface area contributed by atoms with Gasteiger partial charge in [0.2, 0.25) is 0 Å². The van der Waals surface area contributed by atoms with Gasteiger partial charge in [0.25, 0.3) is 0 Å². The summed E-state index contributed by atoms with van der Waals surface area (Å²) in [7, 11) is -2.97. The summed E-state index contributed by atoms with van der Waals surface area (Å²) in [5, 5.41) is 7.80. The van der Waals surface area contributed by atoms with Crippen LogP contribution >= 0.6 is 11.8 Å². The third kappa shape index (κ3) is 5.61. The van der Waals surface area contributed by atoms with Crippen molar-refractivity contribution in [2.45, 2.75) is 15.2 Å². The summed E-state index contributed by atoms with van der Waals surface area (Å²) in [4.78, 5) is 4.99. The molecule has 4 heteroatoms. The van der Waals surface area contributed by atoms with E-state index in [0.717, 1.165) is 44.6 Å². The molecule has 2 aliphatic rings. The molecule has 0 atom stereocenters. The van der Waals surface area contributed by atoms with Gasteiger partial charge >= 0.3 is 0 Å². The van der Waals surface area contributed by atoms with E-state index >= 15 is 0 Å². The van der Waals surface area contributed by atoms with Gasteiger partial charge in [-0.2, -0.15) is 0 Å². The van der Waals surface area contributed by atoms with Gasteiger partial charge in [0.15, 0.2) is 8.07 Å². The molecule has 13 rings (SSSR count). The first-order valence-corrected chi connectivity index (χ1v) is 25.1. The van der Waals surface area contributed by atoms with Crippen molar-refractivity contribution < 1.29 is 4.42 Å². The molecule has 0 fully saturated rings. The van der Waals surface area contributed by atoms with E-state index in [4.69, 9.17) is 4.42 Å². The lowest BCUT2D eigenvalue weighted by Crippen LogP contribution is -2.79. The van der Waals surface area contributed by atoms with Crippen molar-refractivity contribution in [3.8, 4) is 11.1 Å². The molecule has 0 N–H and O–H groups in total. The Morgan fingerprint density at radius 3 is 1.51 bits per heavy atom. The van der Waals surface area contributed by atoms with Crippen molar-refractivity contribution in [3.63, 3.8) is 0 Å². The van der Waals surface area contributed by atoms with Gasteiger partial charge in [-0.3, -0.25) is 0 Å². The zero-order chi connectivity index (χ0) is 43.0. The number of nitrogens with zero attached hydrogens (tertiary/aromatic N) is 1. The number of fused-ring (bicyclic) bond motifs is 11. The molecule has 2 nitrogen and oxygen atoms in total. The molecule has 2 aliphatic heterocycles. The smallest absolute Gasteiger partial charge is 0.180 e. The van der Waals surface area contributed by atoms with Crippen molar-refractivity contribution >= 4 is 79.6 Å². The van der Waals surface area contributed by atoms with Crippen LogP contribution < -0.4 is 25.6 Å². The fourth-order valence-electron chi connectivity index (χ4n) is 11.2. The predicted octanol–water partition coefficient (Wildman–Crippen LogP) is 13.3. The quantitative estimate of drug-likeness (QED) is 0.155. The van der Waals surface area contributed by atoms with E-state index in [1.807, 2.05) is 11.8 Å². The first-order valence-electron chi connectivity index (χ1n) is 22.3. The Labute approximate surface area is 384 Å². The third-order valence-electron chi connectivity index (χ3n) is 13.9. The molecule has 0 amide bonds. The van der Waals surface area contributed by atoms with Crippen LogP contribution in [0.15, 0.2) is 263 Å². The molecule has 0 unspecified atom stereocenters. The minimum atomic E-state index is -2.97. The Morgan fingerprint density at radius 2 is 0.846 bits per heavy atom. The highest BCUT2D eigenvalue weighted by molar-refractivity contribution is 7.99. The number of rotatable bonds is 6. The van der Waals surface area contributed by atoms with Crippen LogP contribution in [0, 0.1) is 0 Å². The fraction of sp³-hybridized carbons (Fsp3) is 0.0164. The number of para-hydroxylation sites is 1. The highest BCUT2D eigenvalue weighted by atomic mass is 32.2. The van der Waals surface area contributed by atoms with E-state index in [-0.39, 0.29) is 0 Å². The van der Waals surface area contributed by atoms with E-state index < -0.39 is 13.5 Å². The molecule has 0 bridgehead atoms. The molecule has 1 spiro atoms. The van der Waals surface area contributed by atoms with Crippen LogP contribution in [-0.2, 0) is 5.41 Å². The summed E-state index contributed by atoms with van der Waals surface area (Å²) in [5.41, 5.74) is 12.0. The van der Waals surface area contributed by atoms with Gasteiger partial charge in [-0.05, 0) is 115 Å². The normalized spacial score (nSPS) is 14.0. The average Bonchev–Trinajstić information content (AvgIpc) is 3.75.